The van der Waals surface area contributed by atoms with Crippen LogP contribution in [-0.2, 0) is 0 Å². The molecule has 0 aliphatic carbocycles. The molecule has 3 heteroatoms. The number of rotatable bonds is 2. The molecule has 1 atom stereocenters. The summed E-state index contributed by atoms with van der Waals surface area (Å²) in [5.41, 5.74) is 0.640. The van der Waals surface area contributed by atoms with Crippen molar-refractivity contribution in [1.29, 1.82) is 0 Å². The van der Waals surface area contributed by atoms with Crippen molar-refractivity contribution in [1.82, 2.24) is 0 Å². The number of aliphatic hydroxyl groups excluding tert-OH is 1. The zero-order valence-electron chi connectivity index (χ0n) is 7.04. The predicted molar refractivity (Wildman–Crippen MR) is 48.6 cm³/mol. The maximum absolute atomic E-state index is 9.35. The first kappa shape index (κ1) is 9.36. The molecule has 0 saturated carbocycles. The van der Waals surface area contributed by atoms with Crippen LogP contribution in [-0.4, -0.2) is 12.2 Å². The lowest BCUT2D eigenvalue weighted by atomic mass is 10.1. The molecule has 0 aromatic heterocycles. The Kier molecular flexibility index (Phi) is 2.95. The lowest BCUT2D eigenvalue weighted by Crippen LogP contribution is -1.96. The topological polar surface area (TPSA) is 29.5 Å². The highest BCUT2D eigenvalue weighted by atomic mass is 35.5. The molecule has 0 radical (unpaired) electrons. The number of halogens is 1. The summed E-state index contributed by atoms with van der Waals surface area (Å²) in [5.74, 6) is 0.623. The highest BCUT2D eigenvalue weighted by Gasteiger charge is 2.11. The van der Waals surface area contributed by atoms with Crippen molar-refractivity contribution in [2.45, 2.75) is 13.0 Å². The van der Waals surface area contributed by atoms with E-state index in [1.807, 2.05) is 0 Å². The van der Waals surface area contributed by atoms with Gasteiger partial charge >= 0.3 is 0 Å². The fourth-order valence-corrected chi connectivity index (χ4v) is 1.42. The molecule has 1 aromatic rings. The first-order chi connectivity index (χ1) is 5.66. The number of hydrogen-bond acceptors (Lipinski definition) is 2. The Morgan fingerprint density at radius 2 is 2.17 bits per heavy atom. The van der Waals surface area contributed by atoms with Crippen LogP contribution in [0, 0.1) is 0 Å². The summed E-state index contributed by atoms with van der Waals surface area (Å²) in [4.78, 5) is 0. The van der Waals surface area contributed by atoms with Crippen LogP contribution in [0.4, 0.5) is 0 Å². The van der Waals surface area contributed by atoms with E-state index >= 15 is 0 Å². The van der Waals surface area contributed by atoms with E-state index < -0.39 is 6.10 Å². The monoisotopic (exact) mass is 186 g/mol. The predicted octanol–water partition coefficient (Wildman–Crippen LogP) is 2.40. The molecule has 0 bridgehead atoms. The van der Waals surface area contributed by atoms with Gasteiger partial charge in [-0.3, -0.25) is 0 Å². The maximum atomic E-state index is 9.35. The van der Waals surface area contributed by atoms with Gasteiger partial charge in [-0.1, -0.05) is 17.7 Å². The number of aliphatic hydroxyl groups is 1. The molecule has 0 heterocycles. The van der Waals surface area contributed by atoms with Crippen molar-refractivity contribution in [3.8, 4) is 5.75 Å². The SMILES string of the molecule is COc1cccc(Cl)c1[C@@H](C)O. The van der Waals surface area contributed by atoms with Crippen molar-refractivity contribution in [2.24, 2.45) is 0 Å². The van der Waals surface area contributed by atoms with Gasteiger partial charge in [0, 0.05) is 5.56 Å². The van der Waals surface area contributed by atoms with E-state index in [0.29, 0.717) is 16.3 Å². The van der Waals surface area contributed by atoms with Crippen LogP contribution in [0.5, 0.6) is 5.75 Å². The Hall–Kier alpha value is -0.730. The van der Waals surface area contributed by atoms with Gasteiger partial charge in [-0.2, -0.15) is 0 Å². The molecule has 1 rings (SSSR count). The molecular weight excluding hydrogens is 176 g/mol. The highest BCUT2D eigenvalue weighted by Crippen LogP contribution is 2.31. The number of ether oxygens (including phenoxy) is 1. The summed E-state index contributed by atoms with van der Waals surface area (Å²) in [6.45, 7) is 1.66. The minimum Gasteiger partial charge on any atom is -0.496 e. The molecule has 2 nitrogen and oxygen atoms in total. The van der Waals surface area contributed by atoms with Crippen LogP contribution >= 0.6 is 11.6 Å². The molecule has 1 aromatic carbocycles. The molecule has 0 saturated heterocycles. The van der Waals surface area contributed by atoms with E-state index in [0.717, 1.165) is 0 Å². The number of hydrogen-bond donors (Lipinski definition) is 1. The maximum Gasteiger partial charge on any atom is 0.126 e. The Morgan fingerprint density at radius 3 is 2.58 bits per heavy atom. The van der Waals surface area contributed by atoms with Crippen LogP contribution < -0.4 is 4.74 Å². The molecule has 0 fully saturated rings. The first-order valence-corrected chi connectivity index (χ1v) is 4.05. The Balaban J connectivity index is 3.20. The second kappa shape index (κ2) is 3.78. The van der Waals surface area contributed by atoms with Gasteiger partial charge in [0.2, 0.25) is 0 Å². The minimum atomic E-state index is -0.603. The molecule has 12 heavy (non-hydrogen) atoms. The van der Waals surface area contributed by atoms with Crippen molar-refractivity contribution in [2.75, 3.05) is 7.11 Å². The van der Waals surface area contributed by atoms with Crippen molar-refractivity contribution < 1.29 is 9.84 Å². The molecule has 0 spiro atoms. The summed E-state index contributed by atoms with van der Waals surface area (Å²) in [7, 11) is 1.55. The van der Waals surface area contributed by atoms with Gasteiger partial charge in [0.25, 0.3) is 0 Å². The molecule has 0 aliphatic rings. The second-order valence-electron chi connectivity index (χ2n) is 2.53. The number of benzene rings is 1. The van der Waals surface area contributed by atoms with Gasteiger partial charge < -0.3 is 9.84 Å². The quantitative estimate of drug-likeness (QED) is 0.769. The van der Waals surface area contributed by atoms with Crippen molar-refractivity contribution in [3.05, 3.63) is 28.8 Å². The van der Waals surface area contributed by atoms with Crippen LogP contribution in [0.15, 0.2) is 18.2 Å². The van der Waals surface area contributed by atoms with Gasteiger partial charge in [0.05, 0.1) is 18.2 Å². The zero-order valence-corrected chi connectivity index (χ0v) is 7.80. The molecule has 66 valence electrons. The first-order valence-electron chi connectivity index (χ1n) is 3.67. The van der Waals surface area contributed by atoms with Crippen LogP contribution in [0.1, 0.15) is 18.6 Å². The van der Waals surface area contributed by atoms with E-state index in [-0.39, 0.29) is 0 Å². The van der Waals surface area contributed by atoms with Crippen LogP contribution in [0.2, 0.25) is 5.02 Å². The van der Waals surface area contributed by atoms with E-state index in [4.69, 9.17) is 16.3 Å². The molecule has 0 aliphatic heterocycles. The molecule has 0 unspecified atom stereocenters. The van der Waals surface area contributed by atoms with E-state index in [1.165, 1.54) is 0 Å². The largest absolute Gasteiger partial charge is 0.496 e. The lowest BCUT2D eigenvalue weighted by molar-refractivity contribution is 0.194. The Bertz CT molecular complexity index is 271. The Morgan fingerprint density at radius 1 is 1.50 bits per heavy atom. The van der Waals surface area contributed by atoms with Gasteiger partial charge in [-0.05, 0) is 19.1 Å². The fourth-order valence-electron chi connectivity index (χ4n) is 1.10. The standard InChI is InChI=1S/C9H11ClO2/c1-6(11)9-7(10)4-3-5-8(9)12-2/h3-6,11H,1-2H3/t6-/m1/s1. The van der Waals surface area contributed by atoms with E-state index in [2.05, 4.69) is 0 Å². The summed E-state index contributed by atoms with van der Waals surface area (Å²) in [5, 5.41) is 9.88. The highest BCUT2D eigenvalue weighted by molar-refractivity contribution is 6.31. The van der Waals surface area contributed by atoms with Crippen molar-refractivity contribution in [3.63, 3.8) is 0 Å². The smallest absolute Gasteiger partial charge is 0.126 e. The van der Waals surface area contributed by atoms with Crippen LogP contribution in [0.25, 0.3) is 0 Å². The van der Waals surface area contributed by atoms with Gasteiger partial charge in [0.15, 0.2) is 0 Å². The lowest BCUT2D eigenvalue weighted by Gasteiger charge is -2.11. The summed E-state index contributed by atoms with van der Waals surface area (Å²) in [6.07, 6.45) is -0.603. The van der Waals surface area contributed by atoms with E-state index in [9.17, 15) is 5.11 Å². The summed E-state index contributed by atoms with van der Waals surface area (Å²) < 4.78 is 5.04. The molecule has 0 amide bonds. The van der Waals surface area contributed by atoms with Gasteiger partial charge in [-0.15, -0.1) is 0 Å². The molecule has 1 N–H and O–H groups in total. The average molecular weight is 187 g/mol. The third-order valence-corrected chi connectivity index (χ3v) is 1.98. The minimum absolute atomic E-state index is 0.532. The van der Waals surface area contributed by atoms with Crippen molar-refractivity contribution >= 4 is 11.6 Å². The third kappa shape index (κ3) is 1.71. The van der Waals surface area contributed by atoms with Gasteiger partial charge in [-0.25, -0.2) is 0 Å². The Labute approximate surface area is 76.7 Å². The summed E-state index contributed by atoms with van der Waals surface area (Å²) >= 11 is 5.86. The number of methoxy groups -OCH3 is 1. The normalized spacial score (nSPS) is 12.7. The zero-order chi connectivity index (χ0) is 9.14. The van der Waals surface area contributed by atoms with Gasteiger partial charge in [0.1, 0.15) is 5.75 Å². The van der Waals surface area contributed by atoms with Crippen LogP contribution in [0.3, 0.4) is 0 Å². The third-order valence-electron chi connectivity index (χ3n) is 1.65. The second-order valence-corrected chi connectivity index (χ2v) is 2.94. The van der Waals surface area contributed by atoms with E-state index in [1.54, 1.807) is 32.2 Å². The average Bonchev–Trinajstić information content (AvgIpc) is 2.03. The fraction of sp³-hybridized carbons (Fsp3) is 0.333. The molecular formula is C9H11ClO2. The summed E-state index contributed by atoms with van der Waals surface area (Å²) in [6, 6.07) is 5.28.